The smallest absolute Gasteiger partial charge is 0.249 e. The van der Waals surface area contributed by atoms with Crippen molar-refractivity contribution in [1.29, 1.82) is 0 Å². The minimum absolute atomic E-state index is 0.0653. The zero-order chi connectivity index (χ0) is 31.2. The number of halogens is 6. The van der Waals surface area contributed by atoms with E-state index < -0.39 is 47.0 Å². The van der Waals surface area contributed by atoms with Crippen molar-refractivity contribution in [3.63, 3.8) is 0 Å². The van der Waals surface area contributed by atoms with Crippen molar-refractivity contribution in [1.82, 2.24) is 14.9 Å². The Labute approximate surface area is 244 Å². The molecule has 2 unspecified atom stereocenters. The van der Waals surface area contributed by atoms with Crippen LogP contribution in [0.25, 0.3) is 0 Å². The molecule has 2 atom stereocenters. The zero-order valence-corrected chi connectivity index (χ0v) is 23.8. The van der Waals surface area contributed by atoms with Crippen LogP contribution >= 0.6 is 0 Å². The lowest BCUT2D eigenvalue weighted by atomic mass is 9.85. The number of benzene rings is 2. The lowest BCUT2D eigenvalue weighted by molar-refractivity contribution is -0.120. The Balaban J connectivity index is 1.33. The molecule has 1 aliphatic heterocycles. The first-order valence-electron chi connectivity index (χ1n) is 13.6. The van der Waals surface area contributed by atoms with E-state index >= 15 is 0 Å². The van der Waals surface area contributed by atoms with Gasteiger partial charge in [-0.1, -0.05) is 0 Å². The van der Waals surface area contributed by atoms with Gasteiger partial charge in [-0.3, -0.25) is 9.69 Å². The van der Waals surface area contributed by atoms with Crippen molar-refractivity contribution in [2.24, 2.45) is 0 Å². The van der Waals surface area contributed by atoms with Crippen LogP contribution in [-0.4, -0.2) is 59.2 Å². The first-order chi connectivity index (χ1) is 20.4. The average molecular weight is 609 g/mol. The van der Waals surface area contributed by atoms with Crippen molar-refractivity contribution < 1.29 is 35.9 Å². The van der Waals surface area contributed by atoms with Gasteiger partial charge in [-0.15, -0.1) is 0 Å². The molecule has 5 rings (SSSR count). The maximum atomic E-state index is 13.9. The number of nitrogens with one attached hydrogen (secondary N) is 2. The highest BCUT2D eigenvalue weighted by molar-refractivity contribution is 6.03. The molecule has 2 N–H and O–H groups in total. The minimum Gasteiger partial charge on any atom is -0.379 e. The lowest BCUT2D eigenvalue weighted by Crippen LogP contribution is -2.53. The molecular weight excluding hydrogens is 578 g/mol. The molecule has 3 aromatic rings. The van der Waals surface area contributed by atoms with E-state index in [0.29, 0.717) is 36.0 Å². The maximum absolute atomic E-state index is 13.9. The van der Waals surface area contributed by atoms with Gasteiger partial charge in [0.15, 0.2) is 40.7 Å². The number of fused-ring (bicyclic) bond motifs is 1. The van der Waals surface area contributed by atoms with Gasteiger partial charge >= 0.3 is 0 Å². The number of carbonyl (C=O) groups is 1. The quantitative estimate of drug-likeness (QED) is 0.260. The highest BCUT2D eigenvalue weighted by Crippen LogP contribution is 2.36. The first kappa shape index (κ1) is 30.5. The maximum Gasteiger partial charge on any atom is 0.249 e. The summed E-state index contributed by atoms with van der Waals surface area (Å²) in [4.78, 5) is 25.2. The zero-order valence-electron chi connectivity index (χ0n) is 23.8. The van der Waals surface area contributed by atoms with Gasteiger partial charge in [0, 0.05) is 39.3 Å². The Bertz CT molecular complexity index is 1450. The largest absolute Gasteiger partial charge is 0.379 e. The van der Waals surface area contributed by atoms with Gasteiger partial charge in [0.25, 0.3) is 0 Å². The molecule has 8 nitrogen and oxygen atoms in total. The van der Waals surface area contributed by atoms with Gasteiger partial charge in [0.2, 0.25) is 11.9 Å². The number of amides is 1. The summed E-state index contributed by atoms with van der Waals surface area (Å²) in [5, 5.41) is 6.11. The van der Waals surface area contributed by atoms with Crippen molar-refractivity contribution in [3.8, 4) is 0 Å². The fraction of sp³-hybridized carbons (Fsp3) is 0.414. The predicted molar refractivity (Wildman–Crippen MR) is 146 cm³/mol. The predicted octanol–water partition coefficient (Wildman–Crippen LogP) is 5.06. The summed E-state index contributed by atoms with van der Waals surface area (Å²) in [6.45, 7) is 3.39. The summed E-state index contributed by atoms with van der Waals surface area (Å²) in [6, 6.07) is 2.49. The molecule has 2 aromatic carbocycles. The number of aromatic nitrogens is 2. The van der Waals surface area contributed by atoms with E-state index in [4.69, 9.17) is 4.74 Å². The Kier molecular flexibility index (Phi) is 8.52. The summed E-state index contributed by atoms with van der Waals surface area (Å²) >= 11 is 0. The van der Waals surface area contributed by atoms with Gasteiger partial charge in [-0.05, 0) is 62.1 Å². The van der Waals surface area contributed by atoms with Crippen molar-refractivity contribution in [2.45, 2.75) is 64.0 Å². The first-order valence-corrected chi connectivity index (χ1v) is 13.6. The molecular formula is C29H30F6N6O2. The van der Waals surface area contributed by atoms with E-state index in [9.17, 15) is 31.1 Å². The van der Waals surface area contributed by atoms with Gasteiger partial charge in [0.1, 0.15) is 11.7 Å². The molecule has 1 aliphatic carbocycles. The molecule has 0 spiro atoms. The summed E-state index contributed by atoms with van der Waals surface area (Å²) < 4.78 is 88.2. The van der Waals surface area contributed by atoms with Crippen LogP contribution in [0.4, 0.5) is 43.8 Å². The molecule has 0 radical (unpaired) electrons. The second-order valence-corrected chi connectivity index (χ2v) is 10.9. The number of ether oxygens (including phenoxy) is 1. The summed E-state index contributed by atoms with van der Waals surface area (Å²) in [5.41, 5.74) is 1.28. The van der Waals surface area contributed by atoms with Gasteiger partial charge in [-0.2, -0.15) is 4.98 Å². The molecule has 1 amide bonds. The van der Waals surface area contributed by atoms with Crippen LogP contribution in [0.5, 0.6) is 0 Å². The number of likely N-dealkylation sites (N-methyl/N-ethyl adjacent to an activating group) is 1. The van der Waals surface area contributed by atoms with E-state index in [1.165, 1.54) is 7.11 Å². The molecule has 14 heteroatoms. The molecule has 1 fully saturated rings. The van der Waals surface area contributed by atoms with Crippen LogP contribution in [0.15, 0.2) is 24.3 Å². The molecule has 0 bridgehead atoms. The number of carbonyl (C=O) groups excluding carboxylic acids is 1. The average Bonchev–Trinajstić information content (AvgIpc) is 2.92. The monoisotopic (exact) mass is 608 g/mol. The van der Waals surface area contributed by atoms with Crippen LogP contribution in [0.1, 0.15) is 36.6 Å². The summed E-state index contributed by atoms with van der Waals surface area (Å²) in [6.07, 6.45) is 0.579. The Morgan fingerprint density at radius 1 is 0.977 bits per heavy atom. The molecule has 1 aromatic heterocycles. The third kappa shape index (κ3) is 6.11. The SMILES string of the molecule is COC(C)C1C(=O)Nc2c(C)nc(N[C@H]3C[C@H](N(Cc4cc(F)c(F)c(F)c4)Cc4cc(F)c(F)c(F)c4)C3)nc2N1C. The Hall–Kier alpha value is -3.91. The Morgan fingerprint density at radius 3 is 1.98 bits per heavy atom. The van der Waals surface area contributed by atoms with E-state index in [0.717, 1.165) is 24.3 Å². The van der Waals surface area contributed by atoms with Gasteiger partial charge in [0.05, 0.1) is 11.8 Å². The van der Waals surface area contributed by atoms with E-state index in [-0.39, 0.29) is 42.2 Å². The number of rotatable bonds is 9. The molecule has 0 saturated heterocycles. The highest BCUT2D eigenvalue weighted by atomic mass is 19.2. The van der Waals surface area contributed by atoms with Crippen LogP contribution < -0.4 is 15.5 Å². The van der Waals surface area contributed by atoms with Gasteiger partial charge in [-0.25, -0.2) is 31.3 Å². The van der Waals surface area contributed by atoms with Crippen LogP contribution in [-0.2, 0) is 22.6 Å². The fourth-order valence-corrected chi connectivity index (χ4v) is 5.55. The number of methoxy groups -OCH3 is 1. The van der Waals surface area contributed by atoms with Crippen LogP contribution in [0, 0.1) is 41.8 Å². The molecule has 2 aliphatic rings. The van der Waals surface area contributed by atoms with Crippen LogP contribution in [0.2, 0.25) is 0 Å². The second-order valence-electron chi connectivity index (χ2n) is 10.9. The van der Waals surface area contributed by atoms with E-state index in [1.54, 1.807) is 30.7 Å². The third-order valence-corrected chi connectivity index (χ3v) is 7.98. The highest BCUT2D eigenvalue weighted by Gasteiger charge is 2.38. The van der Waals surface area contributed by atoms with E-state index in [1.807, 2.05) is 0 Å². The minimum atomic E-state index is -1.60. The van der Waals surface area contributed by atoms with Gasteiger partial charge < -0.3 is 20.3 Å². The molecule has 2 heterocycles. The fourth-order valence-electron chi connectivity index (χ4n) is 5.55. The summed E-state index contributed by atoms with van der Waals surface area (Å²) in [5.74, 6) is -8.02. The molecule has 1 saturated carbocycles. The lowest BCUT2D eigenvalue weighted by Gasteiger charge is -2.43. The van der Waals surface area contributed by atoms with E-state index in [2.05, 4.69) is 20.6 Å². The molecule has 43 heavy (non-hydrogen) atoms. The molecule has 230 valence electrons. The normalized spacial score (nSPS) is 20.5. The van der Waals surface area contributed by atoms with Crippen LogP contribution in [0.3, 0.4) is 0 Å². The number of hydrogen-bond donors (Lipinski definition) is 2. The summed E-state index contributed by atoms with van der Waals surface area (Å²) in [7, 11) is 3.26. The topological polar surface area (TPSA) is 82.6 Å². The number of nitrogens with zero attached hydrogens (tertiary/aromatic N) is 4. The number of anilines is 3. The standard InChI is InChI=1S/C29H30F6N6O2/c1-13-25-27(40(3)26(14(2)43-4)28(42)38-25)39-29(36-13)37-17-9-18(10-17)41(11-15-5-19(30)23(34)20(31)6-15)12-16-7-21(32)24(35)22(33)8-16/h5-8,14,17-18,26H,9-12H2,1-4H3,(H,38,42)(H,36,37,39)/t14?,17-,18-,26?. The Morgan fingerprint density at radius 2 is 1.49 bits per heavy atom. The number of hydrogen-bond acceptors (Lipinski definition) is 7. The second kappa shape index (κ2) is 12.0. The van der Waals surface area contributed by atoms with Crippen molar-refractivity contribution >= 4 is 23.4 Å². The van der Waals surface area contributed by atoms with Crippen molar-refractivity contribution in [2.75, 3.05) is 29.7 Å². The third-order valence-electron chi connectivity index (χ3n) is 7.98. The van der Waals surface area contributed by atoms with Crippen molar-refractivity contribution in [3.05, 3.63) is 76.0 Å². The number of aryl methyl sites for hydroxylation is 1.